The van der Waals surface area contributed by atoms with E-state index >= 15 is 0 Å². The Balaban J connectivity index is 1.22. The second-order valence-electron chi connectivity index (χ2n) is 7.62. The van der Waals surface area contributed by atoms with E-state index in [1.165, 1.54) is 41.7 Å². The molecule has 0 fully saturated rings. The third-order valence-corrected chi connectivity index (χ3v) is 6.11. The lowest BCUT2D eigenvalue weighted by Crippen LogP contribution is -2.30. The van der Waals surface area contributed by atoms with E-state index in [0.717, 1.165) is 10.5 Å². The number of fused-ring (bicyclic) bond motifs is 1. The van der Waals surface area contributed by atoms with Crippen LogP contribution in [0, 0.1) is 15.9 Å². The lowest BCUT2D eigenvalue weighted by molar-refractivity contribution is -0.385. The summed E-state index contributed by atoms with van der Waals surface area (Å²) in [5.41, 5.74) is 0.889. The molecule has 3 amide bonds. The maximum absolute atomic E-state index is 13.1. The molecule has 0 aliphatic carbocycles. The predicted molar refractivity (Wildman–Crippen MR) is 123 cm³/mol. The van der Waals surface area contributed by atoms with Crippen LogP contribution >= 0.6 is 11.3 Å². The Hall–Kier alpha value is -3.99. The van der Waals surface area contributed by atoms with E-state index in [9.17, 15) is 28.9 Å². The minimum atomic E-state index is -0.669. The highest BCUT2D eigenvalue weighted by atomic mass is 32.1. The van der Waals surface area contributed by atoms with Crippen molar-refractivity contribution in [1.29, 1.82) is 0 Å². The lowest BCUT2D eigenvalue weighted by Gasteiger charge is -2.13. The summed E-state index contributed by atoms with van der Waals surface area (Å²) in [6.45, 7) is 0.124. The number of anilines is 1. The molecule has 3 aromatic rings. The zero-order valence-corrected chi connectivity index (χ0v) is 18.6. The first-order valence-electron chi connectivity index (χ1n) is 10.5. The van der Waals surface area contributed by atoms with Gasteiger partial charge in [0.15, 0.2) is 5.13 Å². The van der Waals surface area contributed by atoms with E-state index in [-0.39, 0.29) is 41.5 Å². The van der Waals surface area contributed by atoms with Gasteiger partial charge in [-0.25, -0.2) is 9.37 Å². The Bertz CT molecular complexity index is 1270. The third-order valence-electron chi connectivity index (χ3n) is 5.35. The average molecular weight is 482 g/mol. The molecule has 0 saturated heterocycles. The smallest absolute Gasteiger partial charge is 0.282 e. The van der Waals surface area contributed by atoms with Crippen molar-refractivity contribution in [1.82, 2.24) is 9.88 Å². The number of nitro groups is 1. The quantitative estimate of drug-likeness (QED) is 0.205. The molecule has 0 bridgehead atoms. The van der Waals surface area contributed by atoms with Gasteiger partial charge in [-0.05, 0) is 43.2 Å². The van der Waals surface area contributed by atoms with Crippen molar-refractivity contribution in [3.63, 3.8) is 0 Å². The van der Waals surface area contributed by atoms with Gasteiger partial charge < -0.3 is 5.32 Å². The van der Waals surface area contributed by atoms with Gasteiger partial charge in [0, 0.05) is 30.0 Å². The van der Waals surface area contributed by atoms with Crippen LogP contribution in [0.1, 0.15) is 46.4 Å². The Morgan fingerprint density at radius 3 is 2.59 bits per heavy atom. The normalized spacial score (nSPS) is 12.7. The molecule has 1 aliphatic heterocycles. The van der Waals surface area contributed by atoms with Gasteiger partial charge in [0.25, 0.3) is 17.5 Å². The van der Waals surface area contributed by atoms with Crippen LogP contribution in [0.4, 0.5) is 15.2 Å². The van der Waals surface area contributed by atoms with Crippen molar-refractivity contribution >= 4 is 39.9 Å². The van der Waals surface area contributed by atoms with E-state index < -0.39 is 16.7 Å². The summed E-state index contributed by atoms with van der Waals surface area (Å²) in [5, 5.41) is 16.1. The van der Waals surface area contributed by atoms with Crippen LogP contribution in [0.5, 0.6) is 0 Å². The van der Waals surface area contributed by atoms with E-state index in [0.29, 0.717) is 30.1 Å². The zero-order valence-electron chi connectivity index (χ0n) is 17.8. The molecule has 1 aromatic heterocycles. The molecule has 0 radical (unpaired) electrons. The number of aromatic nitrogens is 1. The molecule has 2 heterocycles. The number of nitrogens with zero attached hydrogens (tertiary/aromatic N) is 3. The fourth-order valence-corrected chi connectivity index (χ4v) is 4.41. The van der Waals surface area contributed by atoms with E-state index in [1.807, 2.05) is 0 Å². The van der Waals surface area contributed by atoms with Crippen LogP contribution in [0.15, 0.2) is 47.8 Å². The molecule has 2 aromatic carbocycles. The fourth-order valence-electron chi connectivity index (χ4n) is 3.67. The van der Waals surface area contributed by atoms with Gasteiger partial charge in [-0.15, -0.1) is 11.3 Å². The SMILES string of the molecule is O=C(CCCCCN1C(=O)c2cccc([N+](=O)[O-])c2C1=O)Nc1nc(-c2ccc(F)cc2)cs1. The molecule has 0 atom stereocenters. The number of imide groups is 1. The molecule has 9 nitrogen and oxygen atoms in total. The van der Waals surface area contributed by atoms with Crippen LogP contribution in [0.25, 0.3) is 11.3 Å². The highest BCUT2D eigenvalue weighted by Gasteiger charge is 2.40. The van der Waals surface area contributed by atoms with Crippen LogP contribution in [0.2, 0.25) is 0 Å². The number of rotatable bonds is 9. The van der Waals surface area contributed by atoms with Crippen LogP contribution in [-0.2, 0) is 4.79 Å². The number of carbonyl (C=O) groups excluding carboxylic acids is 3. The molecule has 0 spiro atoms. The van der Waals surface area contributed by atoms with Crippen LogP contribution in [-0.4, -0.2) is 39.1 Å². The first-order chi connectivity index (χ1) is 16.3. The first-order valence-corrected chi connectivity index (χ1v) is 11.4. The molecular weight excluding hydrogens is 463 g/mol. The van der Waals surface area contributed by atoms with Gasteiger partial charge in [-0.1, -0.05) is 12.5 Å². The van der Waals surface area contributed by atoms with Gasteiger partial charge in [0.2, 0.25) is 5.91 Å². The predicted octanol–water partition coefficient (Wildman–Crippen LogP) is 4.65. The first kappa shape index (κ1) is 23.2. The summed E-state index contributed by atoms with van der Waals surface area (Å²) >= 11 is 1.27. The summed E-state index contributed by atoms with van der Waals surface area (Å²) < 4.78 is 13.1. The van der Waals surface area contributed by atoms with Crippen molar-refractivity contribution in [2.45, 2.75) is 25.7 Å². The number of unbranched alkanes of at least 4 members (excludes halogenated alkanes) is 2. The highest BCUT2D eigenvalue weighted by Crippen LogP contribution is 2.31. The minimum Gasteiger partial charge on any atom is -0.302 e. The van der Waals surface area contributed by atoms with E-state index in [2.05, 4.69) is 10.3 Å². The van der Waals surface area contributed by atoms with Crippen molar-refractivity contribution in [2.24, 2.45) is 0 Å². The Kier molecular flexibility index (Phi) is 6.73. The standard InChI is InChI=1S/C23H19FN4O5S/c24-15-10-8-14(9-11-15)17-13-34-23(25-17)26-19(29)7-2-1-3-12-27-21(30)16-5-4-6-18(28(32)33)20(16)22(27)31/h4-6,8-11,13H,1-3,7,12H2,(H,25,26,29). The van der Waals surface area contributed by atoms with Crippen molar-refractivity contribution in [3.05, 3.63) is 74.9 Å². The summed E-state index contributed by atoms with van der Waals surface area (Å²) in [4.78, 5) is 53.1. The molecule has 1 aliphatic rings. The van der Waals surface area contributed by atoms with Gasteiger partial charge in [0.05, 0.1) is 16.2 Å². The molecule has 0 saturated carbocycles. The maximum Gasteiger partial charge on any atom is 0.282 e. The lowest BCUT2D eigenvalue weighted by atomic mass is 10.1. The topological polar surface area (TPSA) is 123 Å². The number of halogens is 1. The van der Waals surface area contributed by atoms with Crippen LogP contribution in [0.3, 0.4) is 0 Å². The van der Waals surface area contributed by atoms with E-state index in [1.54, 1.807) is 17.5 Å². The average Bonchev–Trinajstić information content (AvgIpc) is 3.37. The number of thiazole rings is 1. The van der Waals surface area contributed by atoms with E-state index in [4.69, 9.17) is 0 Å². The molecular formula is C23H19FN4O5S. The molecule has 1 N–H and O–H groups in total. The Morgan fingerprint density at radius 1 is 1.09 bits per heavy atom. The fraction of sp³-hybridized carbons (Fsp3) is 0.217. The molecule has 34 heavy (non-hydrogen) atoms. The van der Waals surface area contributed by atoms with Gasteiger partial charge >= 0.3 is 0 Å². The number of benzene rings is 2. The molecule has 174 valence electrons. The van der Waals surface area contributed by atoms with Gasteiger partial charge in [0.1, 0.15) is 11.4 Å². The number of hydrogen-bond acceptors (Lipinski definition) is 7. The second kappa shape index (κ2) is 9.87. The van der Waals surface area contributed by atoms with Gasteiger partial charge in [-0.3, -0.25) is 29.4 Å². The third kappa shape index (κ3) is 4.84. The minimum absolute atomic E-state index is 0.0435. The van der Waals surface area contributed by atoms with Crippen LogP contribution < -0.4 is 5.32 Å². The summed E-state index contributed by atoms with van der Waals surface area (Å²) in [7, 11) is 0. The zero-order chi connectivity index (χ0) is 24.2. The summed E-state index contributed by atoms with van der Waals surface area (Å²) in [5.74, 6) is -1.75. The second-order valence-corrected chi connectivity index (χ2v) is 8.48. The van der Waals surface area contributed by atoms with Gasteiger partial charge in [-0.2, -0.15) is 0 Å². The van der Waals surface area contributed by atoms with Crippen molar-refractivity contribution in [3.8, 4) is 11.3 Å². The number of nitrogens with one attached hydrogen (secondary N) is 1. The Labute approximate surface area is 197 Å². The number of nitro benzene ring substituents is 1. The number of carbonyl (C=O) groups is 3. The Morgan fingerprint density at radius 2 is 1.85 bits per heavy atom. The number of amides is 3. The number of hydrogen-bond donors (Lipinski definition) is 1. The maximum atomic E-state index is 13.1. The highest BCUT2D eigenvalue weighted by molar-refractivity contribution is 7.14. The van der Waals surface area contributed by atoms with Crippen molar-refractivity contribution in [2.75, 3.05) is 11.9 Å². The monoisotopic (exact) mass is 482 g/mol. The molecule has 4 rings (SSSR count). The summed E-state index contributed by atoms with van der Waals surface area (Å²) in [6, 6.07) is 9.91. The molecule has 0 unspecified atom stereocenters. The largest absolute Gasteiger partial charge is 0.302 e. The molecule has 11 heteroatoms. The van der Waals surface area contributed by atoms with Crippen molar-refractivity contribution < 1.29 is 23.7 Å². The summed E-state index contributed by atoms with van der Waals surface area (Å²) in [6.07, 6.45) is 1.82.